The summed E-state index contributed by atoms with van der Waals surface area (Å²) in [7, 11) is 0. The van der Waals surface area contributed by atoms with Crippen LogP contribution in [0.25, 0.3) is 11.6 Å². The third-order valence-electron chi connectivity index (χ3n) is 7.03. The average Bonchev–Trinajstić information content (AvgIpc) is 3.45. The van der Waals surface area contributed by atoms with Crippen molar-refractivity contribution in [1.82, 2.24) is 24.4 Å². The van der Waals surface area contributed by atoms with Gasteiger partial charge in [0.2, 0.25) is 11.8 Å². The predicted molar refractivity (Wildman–Crippen MR) is 140 cm³/mol. The van der Waals surface area contributed by atoms with Crippen LogP contribution in [0, 0.1) is 13.8 Å². The Kier molecular flexibility index (Phi) is 6.88. The molecule has 4 heterocycles. The van der Waals surface area contributed by atoms with Crippen molar-refractivity contribution in [2.75, 3.05) is 11.9 Å². The highest BCUT2D eigenvalue weighted by Gasteiger charge is 2.40. The second-order valence-corrected chi connectivity index (χ2v) is 9.82. The van der Waals surface area contributed by atoms with E-state index in [2.05, 4.69) is 20.3 Å². The molecule has 0 saturated carbocycles. The molecule has 2 aliphatic rings. The largest absolute Gasteiger partial charge is 0.341 e. The lowest BCUT2D eigenvalue weighted by molar-refractivity contribution is -0.137. The molecule has 5 rings (SSSR count). The summed E-state index contributed by atoms with van der Waals surface area (Å²) < 4.78 is 16.2. The third kappa shape index (κ3) is 5.11. The Morgan fingerprint density at radius 2 is 1.89 bits per heavy atom. The number of aryl methyl sites for hydroxylation is 2. The van der Waals surface area contributed by atoms with Gasteiger partial charge in [-0.25, -0.2) is 19.3 Å². The van der Waals surface area contributed by atoms with Crippen molar-refractivity contribution in [3.8, 4) is 0 Å². The van der Waals surface area contributed by atoms with Crippen molar-refractivity contribution < 1.29 is 18.8 Å². The molecule has 1 saturated heterocycles. The van der Waals surface area contributed by atoms with Gasteiger partial charge in [-0.3, -0.25) is 14.4 Å². The highest BCUT2D eigenvalue weighted by atomic mass is 19.1. The summed E-state index contributed by atoms with van der Waals surface area (Å²) in [4.78, 5) is 52.9. The molecule has 9 nitrogen and oxygen atoms in total. The fraction of sp³-hybridized carbons (Fsp3) is 0.357. The maximum absolute atomic E-state index is 14.4. The van der Waals surface area contributed by atoms with Gasteiger partial charge in [-0.1, -0.05) is 6.07 Å². The standard InChI is InChI=1S/C28H29FN6O3/c1-16-5-4-6-26(32-16)33-28(38)25-10-21(29)13-35(25)27(37)15-34-14-23(17(2)36)22-9-19(7-8-24(22)34)20-11-30-18(3)31-12-20/h4-6,9,11-12,14,21,25H,7-8,10,13,15H2,1-3H3,(H,32,33,38)/t21-,25+/m1/s1. The molecular weight excluding hydrogens is 487 g/mol. The van der Waals surface area contributed by atoms with E-state index in [0.29, 0.717) is 30.0 Å². The SMILES string of the molecule is CC(=O)c1cn(CC(=O)N2C[C@H](F)C[C@H]2C(=O)Nc2cccc(C)n2)c2c1C=C(c1cnc(C)nc1)CC2. The quantitative estimate of drug-likeness (QED) is 0.502. The van der Waals surface area contributed by atoms with Gasteiger partial charge in [0.15, 0.2) is 5.78 Å². The molecule has 3 aromatic heterocycles. The molecule has 1 aliphatic carbocycles. The van der Waals surface area contributed by atoms with Gasteiger partial charge in [0.05, 0.1) is 6.54 Å². The minimum Gasteiger partial charge on any atom is -0.341 e. The molecule has 3 aromatic rings. The molecule has 10 heteroatoms. The van der Waals surface area contributed by atoms with Gasteiger partial charge in [-0.05, 0) is 57.4 Å². The van der Waals surface area contributed by atoms with Crippen molar-refractivity contribution in [3.05, 3.63) is 70.7 Å². The minimum absolute atomic E-state index is 0.0728. The van der Waals surface area contributed by atoms with Gasteiger partial charge in [0.25, 0.3) is 0 Å². The Labute approximate surface area is 219 Å². The van der Waals surface area contributed by atoms with Crippen LogP contribution < -0.4 is 5.32 Å². The summed E-state index contributed by atoms with van der Waals surface area (Å²) in [5.74, 6) is 0.0786. The lowest BCUT2D eigenvalue weighted by atomic mass is 9.91. The molecule has 0 spiro atoms. The zero-order chi connectivity index (χ0) is 27.0. The predicted octanol–water partition coefficient (Wildman–Crippen LogP) is 3.56. The number of allylic oxidation sites excluding steroid dienone is 1. The normalized spacial score (nSPS) is 18.6. The van der Waals surface area contributed by atoms with Crippen LogP contribution in [0.3, 0.4) is 0 Å². The lowest BCUT2D eigenvalue weighted by Gasteiger charge is -2.24. The van der Waals surface area contributed by atoms with E-state index in [1.54, 1.807) is 48.3 Å². The number of alkyl halides is 1. The van der Waals surface area contributed by atoms with Crippen LogP contribution in [0.15, 0.2) is 36.8 Å². The number of rotatable bonds is 6. The first-order chi connectivity index (χ1) is 18.2. The van der Waals surface area contributed by atoms with Gasteiger partial charge in [0.1, 0.15) is 30.4 Å². The number of Topliss-reactive ketones (excluding diaryl/α,β-unsaturated/α-hetero) is 1. The Balaban J connectivity index is 1.38. The smallest absolute Gasteiger partial charge is 0.248 e. The van der Waals surface area contributed by atoms with E-state index >= 15 is 0 Å². The van der Waals surface area contributed by atoms with Gasteiger partial charge >= 0.3 is 0 Å². The molecule has 0 unspecified atom stereocenters. The fourth-order valence-corrected chi connectivity index (χ4v) is 5.13. The number of likely N-dealkylation sites (tertiary alicyclic amines) is 1. The molecular formula is C28H29FN6O3. The molecule has 2 amide bonds. The van der Waals surface area contributed by atoms with E-state index in [0.717, 1.165) is 28.1 Å². The molecule has 1 N–H and O–H groups in total. The first-order valence-electron chi connectivity index (χ1n) is 12.6. The molecule has 38 heavy (non-hydrogen) atoms. The van der Waals surface area contributed by atoms with Crippen LogP contribution in [0.5, 0.6) is 0 Å². The summed E-state index contributed by atoms with van der Waals surface area (Å²) in [6.07, 6.45) is 7.12. The van der Waals surface area contributed by atoms with Gasteiger partial charge in [-0.15, -0.1) is 0 Å². The average molecular weight is 517 g/mol. The summed E-state index contributed by atoms with van der Waals surface area (Å²) in [6, 6.07) is 4.28. The molecule has 0 aromatic carbocycles. The van der Waals surface area contributed by atoms with Crippen LogP contribution >= 0.6 is 0 Å². The first-order valence-corrected chi connectivity index (χ1v) is 12.6. The Bertz CT molecular complexity index is 1450. The maximum Gasteiger partial charge on any atom is 0.248 e. The number of anilines is 1. The van der Waals surface area contributed by atoms with Crippen molar-refractivity contribution in [1.29, 1.82) is 0 Å². The second-order valence-electron chi connectivity index (χ2n) is 9.82. The van der Waals surface area contributed by atoms with E-state index in [1.807, 2.05) is 13.0 Å². The number of hydrogen-bond donors (Lipinski definition) is 1. The minimum atomic E-state index is -1.30. The number of carbonyl (C=O) groups is 3. The number of nitrogens with one attached hydrogen (secondary N) is 1. The first kappa shape index (κ1) is 25.4. The van der Waals surface area contributed by atoms with Crippen LogP contribution in [0.1, 0.15) is 58.5 Å². The van der Waals surface area contributed by atoms with Gasteiger partial charge < -0.3 is 14.8 Å². The third-order valence-corrected chi connectivity index (χ3v) is 7.03. The molecule has 1 aliphatic heterocycles. The Morgan fingerprint density at radius 1 is 1.13 bits per heavy atom. The molecule has 196 valence electrons. The zero-order valence-electron chi connectivity index (χ0n) is 21.6. The van der Waals surface area contributed by atoms with Crippen LogP contribution in [0.2, 0.25) is 0 Å². The lowest BCUT2D eigenvalue weighted by Crippen LogP contribution is -2.44. The number of pyridine rings is 1. The summed E-state index contributed by atoms with van der Waals surface area (Å²) in [5.41, 5.74) is 4.80. The van der Waals surface area contributed by atoms with Crippen LogP contribution in [-0.4, -0.2) is 60.8 Å². The zero-order valence-corrected chi connectivity index (χ0v) is 21.6. The Morgan fingerprint density at radius 3 is 2.61 bits per heavy atom. The molecule has 0 radical (unpaired) electrons. The topological polar surface area (TPSA) is 110 Å². The van der Waals surface area contributed by atoms with E-state index in [1.165, 1.54) is 11.8 Å². The number of hydrogen-bond acceptors (Lipinski definition) is 6. The van der Waals surface area contributed by atoms with Crippen molar-refractivity contribution in [3.63, 3.8) is 0 Å². The highest BCUT2D eigenvalue weighted by molar-refractivity contribution is 6.01. The molecule has 0 bridgehead atoms. The van der Waals surface area contributed by atoms with Gasteiger partial charge in [-0.2, -0.15) is 0 Å². The fourth-order valence-electron chi connectivity index (χ4n) is 5.13. The Hall–Kier alpha value is -4.21. The highest BCUT2D eigenvalue weighted by Crippen LogP contribution is 2.34. The number of nitrogens with zero attached hydrogens (tertiary/aromatic N) is 5. The van der Waals surface area contributed by atoms with E-state index in [-0.39, 0.29) is 31.2 Å². The number of amides is 2. The van der Waals surface area contributed by atoms with Crippen molar-refractivity contribution in [2.24, 2.45) is 0 Å². The summed E-state index contributed by atoms with van der Waals surface area (Å²) >= 11 is 0. The maximum atomic E-state index is 14.4. The van der Waals surface area contributed by atoms with Crippen molar-refractivity contribution in [2.45, 2.75) is 58.8 Å². The van der Waals surface area contributed by atoms with E-state index < -0.39 is 18.1 Å². The van der Waals surface area contributed by atoms with Crippen molar-refractivity contribution >= 4 is 35.1 Å². The second kappa shape index (κ2) is 10.3. The van der Waals surface area contributed by atoms with E-state index in [9.17, 15) is 18.8 Å². The van der Waals surface area contributed by atoms with Crippen LogP contribution in [0.4, 0.5) is 10.2 Å². The number of ketones is 1. The molecule has 2 atom stereocenters. The summed E-state index contributed by atoms with van der Waals surface area (Å²) in [6.45, 7) is 4.87. The number of carbonyl (C=O) groups excluding carboxylic acids is 3. The number of aromatic nitrogens is 4. The van der Waals surface area contributed by atoms with E-state index in [4.69, 9.17) is 0 Å². The van der Waals surface area contributed by atoms with Gasteiger partial charge in [0, 0.05) is 53.1 Å². The monoisotopic (exact) mass is 516 g/mol. The summed E-state index contributed by atoms with van der Waals surface area (Å²) in [5, 5.41) is 2.71. The number of fused-ring (bicyclic) bond motifs is 1. The molecule has 1 fully saturated rings. The number of halogens is 1. The van der Waals surface area contributed by atoms with Crippen LogP contribution in [-0.2, 0) is 22.6 Å².